The highest BCUT2D eigenvalue weighted by atomic mass is 16.5. The predicted molar refractivity (Wildman–Crippen MR) is 107 cm³/mol. The van der Waals surface area contributed by atoms with E-state index in [2.05, 4.69) is 5.32 Å². The fourth-order valence-corrected chi connectivity index (χ4v) is 3.94. The van der Waals surface area contributed by atoms with Crippen LogP contribution in [0.2, 0.25) is 0 Å². The summed E-state index contributed by atoms with van der Waals surface area (Å²) in [6.07, 6.45) is 5.36. The Morgan fingerprint density at radius 1 is 1.18 bits per heavy atom. The number of piperidine rings is 1. The molecule has 6 heteroatoms. The number of likely N-dealkylation sites (tertiary alicyclic amines) is 1. The molecule has 2 amide bonds. The highest BCUT2D eigenvalue weighted by Crippen LogP contribution is 2.20. The Kier molecular flexibility index (Phi) is 7.71. The quantitative estimate of drug-likeness (QED) is 0.780. The highest BCUT2D eigenvalue weighted by molar-refractivity contribution is 5.94. The van der Waals surface area contributed by atoms with Crippen LogP contribution in [0.4, 0.5) is 0 Å². The van der Waals surface area contributed by atoms with E-state index in [1.165, 1.54) is 6.42 Å². The van der Waals surface area contributed by atoms with Crippen molar-refractivity contribution in [3.63, 3.8) is 0 Å². The second kappa shape index (κ2) is 10.5. The molecule has 0 saturated carbocycles. The van der Waals surface area contributed by atoms with Crippen LogP contribution in [0.3, 0.4) is 0 Å². The summed E-state index contributed by atoms with van der Waals surface area (Å²) in [5, 5.41) is 3.14. The Morgan fingerprint density at radius 2 is 1.93 bits per heavy atom. The Labute approximate surface area is 167 Å². The minimum atomic E-state index is 0.0464. The summed E-state index contributed by atoms with van der Waals surface area (Å²) in [6, 6.07) is 7.47. The van der Waals surface area contributed by atoms with Gasteiger partial charge in [0.15, 0.2) is 0 Å². The molecule has 6 nitrogen and oxygen atoms in total. The number of ether oxygens (including phenoxy) is 2. The zero-order valence-electron chi connectivity index (χ0n) is 16.8. The second-order valence-corrected chi connectivity index (χ2v) is 7.71. The van der Waals surface area contributed by atoms with Gasteiger partial charge >= 0.3 is 0 Å². The molecule has 0 radical (unpaired) electrons. The van der Waals surface area contributed by atoms with Crippen molar-refractivity contribution < 1.29 is 19.1 Å². The second-order valence-electron chi connectivity index (χ2n) is 7.71. The van der Waals surface area contributed by atoms with E-state index in [0.717, 1.165) is 44.6 Å². The third-order valence-corrected chi connectivity index (χ3v) is 5.59. The van der Waals surface area contributed by atoms with Crippen LogP contribution in [-0.4, -0.2) is 55.7 Å². The molecule has 3 rings (SSSR count). The summed E-state index contributed by atoms with van der Waals surface area (Å²) < 4.78 is 10.9. The molecule has 154 valence electrons. The van der Waals surface area contributed by atoms with Gasteiger partial charge in [-0.25, -0.2) is 0 Å². The summed E-state index contributed by atoms with van der Waals surface area (Å²) >= 11 is 0. The maximum Gasteiger partial charge on any atom is 0.253 e. The maximum atomic E-state index is 12.7. The molecule has 0 aromatic heterocycles. The van der Waals surface area contributed by atoms with Gasteiger partial charge in [-0.3, -0.25) is 9.59 Å². The van der Waals surface area contributed by atoms with E-state index in [1.807, 2.05) is 36.1 Å². The summed E-state index contributed by atoms with van der Waals surface area (Å²) in [7, 11) is 0. The number of rotatable bonds is 7. The fraction of sp³-hybridized carbons (Fsp3) is 0.636. The molecule has 2 saturated heterocycles. The van der Waals surface area contributed by atoms with Crippen molar-refractivity contribution in [3.05, 3.63) is 29.8 Å². The topological polar surface area (TPSA) is 67.9 Å². The van der Waals surface area contributed by atoms with Crippen molar-refractivity contribution in [1.82, 2.24) is 10.2 Å². The van der Waals surface area contributed by atoms with Gasteiger partial charge in [0.05, 0.1) is 6.61 Å². The first-order valence-electron chi connectivity index (χ1n) is 10.5. The van der Waals surface area contributed by atoms with Crippen LogP contribution in [0.5, 0.6) is 5.75 Å². The molecule has 1 atom stereocenters. The molecule has 2 aliphatic rings. The van der Waals surface area contributed by atoms with Gasteiger partial charge in [0, 0.05) is 44.3 Å². The number of carbonyl (C=O) groups is 2. The predicted octanol–water partition coefficient (Wildman–Crippen LogP) is 3.01. The number of hydrogen-bond donors (Lipinski definition) is 1. The smallest absolute Gasteiger partial charge is 0.253 e. The fourth-order valence-electron chi connectivity index (χ4n) is 3.94. The van der Waals surface area contributed by atoms with E-state index < -0.39 is 0 Å². The van der Waals surface area contributed by atoms with Crippen molar-refractivity contribution in [1.29, 1.82) is 0 Å². The first-order chi connectivity index (χ1) is 13.7. The van der Waals surface area contributed by atoms with Crippen molar-refractivity contribution in [2.45, 2.75) is 51.5 Å². The highest BCUT2D eigenvalue weighted by Gasteiger charge is 2.25. The van der Waals surface area contributed by atoms with Gasteiger partial charge in [-0.05, 0) is 69.2 Å². The monoisotopic (exact) mass is 388 g/mol. The van der Waals surface area contributed by atoms with Crippen LogP contribution in [0.25, 0.3) is 0 Å². The molecular formula is C22H32N2O4. The van der Waals surface area contributed by atoms with Crippen molar-refractivity contribution >= 4 is 11.8 Å². The Bertz CT molecular complexity index is 632. The third kappa shape index (κ3) is 5.96. The standard InChI is InChI=1S/C22H32N2O4/c1-2-28-20-8-6-18(7-9-20)22(26)24-13-11-19(12-14-24)23-21(25)10-5-17-4-3-15-27-16-17/h6-9,17,19H,2-5,10-16H2,1H3,(H,23,25). The van der Waals surface area contributed by atoms with Crippen molar-refractivity contribution in [2.24, 2.45) is 5.92 Å². The molecular weight excluding hydrogens is 356 g/mol. The van der Waals surface area contributed by atoms with E-state index in [4.69, 9.17) is 9.47 Å². The molecule has 1 unspecified atom stereocenters. The summed E-state index contributed by atoms with van der Waals surface area (Å²) in [5.41, 5.74) is 0.681. The Balaban J connectivity index is 1.38. The average Bonchev–Trinajstić information content (AvgIpc) is 2.74. The first kappa shape index (κ1) is 20.6. The molecule has 28 heavy (non-hydrogen) atoms. The SMILES string of the molecule is CCOc1ccc(C(=O)N2CCC(NC(=O)CCC3CCCOC3)CC2)cc1. The van der Waals surface area contributed by atoms with Crippen LogP contribution >= 0.6 is 0 Å². The van der Waals surface area contributed by atoms with Gasteiger partial charge in [0.2, 0.25) is 5.91 Å². The molecule has 0 aliphatic carbocycles. The zero-order valence-corrected chi connectivity index (χ0v) is 16.8. The lowest BCUT2D eigenvalue weighted by atomic mass is 9.96. The number of hydrogen-bond acceptors (Lipinski definition) is 4. The minimum Gasteiger partial charge on any atom is -0.494 e. The number of nitrogens with zero attached hydrogens (tertiary/aromatic N) is 1. The maximum absolute atomic E-state index is 12.7. The Morgan fingerprint density at radius 3 is 2.57 bits per heavy atom. The Hall–Kier alpha value is -2.08. The molecule has 1 N–H and O–H groups in total. The number of benzene rings is 1. The van der Waals surface area contributed by atoms with Gasteiger partial charge in [0.25, 0.3) is 5.91 Å². The molecule has 2 heterocycles. The van der Waals surface area contributed by atoms with Crippen LogP contribution in [-0.2, 0) is 9.53 Å². The lowest BCUT2D eigenvalue weighted by Crippen LogP contribution is -2.46. The zero-order chi connectivity index (χ0) is 19.8. The first-order valence-corrected chi connectivity index (χ1v) is 10.5. The normalized spacial score (nSPS) is 20.6. The van der Waals surface area contributed by atoms with Crippen LogP contribution < -0.4 is 10.1 Å². The number of nitrogens with one attached hydrogen (secondary N) is 1. The molecule has 2 aliphatic heterocycles. The van der Waals surface area contributed by atoms with E-state index in [-0.39, 0.29) is 17.9 Å². The van der Waals surface area contributed by atoms with Gasteiger partial charge in [-0.2, -0.15) is 0 Å². The van der Waals surface area contributed by atoms with Crippen LogP contribution in [0.1, 0.15) is 55.8 Å². The number of carbonyl (C=O) groups excluding carboxylic acids is 2. The molecule has 1 aromatic carbocycles. The van der Waals surface area contributed by atoms with Gasteiger partial charge in [-0.1, -0.05) is 0 Å². The molecule has 0 spiro atoms. The molecule has 1 aromatic rings. The summed E-state index contributed by atoms with van der Waals surface area (Å²) in [5.74, 6) is 1.47. The van der Waals surface area contributed by atoms with E-state index >= 15 is 0 Å². The van der Waals surface area contributed by atoms with Crippen LogP contribution in [0.15, 0.2) is 24.3 Å². The van der Waals surface area contributed by atoms with Gasteiger partial charge < -0.3 is 19.7 Å². The average molecular weight is 389 g/mol. The van der Waals surface area contributed by atoms with Crippen molar-refractivity contribution in [2.75, 3.05) is 32.9 Å². The minimum absolute atomic E-state index is 0.0464. The van der Waals surface area contributed by atoms with E-state index in [1.54, 1.807) is 0 Å². The summed E-state index contributed by atoms with van der Waals surface area (Å²) in [6.45, 7) is 5.55. The van der Waals surface area contributed by atoms with Crippen molar-refractivity contribution in [3.8, 4) is 5.75 Å². The molecule has 0 bridgehead atoms. The van der Waals surface area contributed by atoms with E-state index in [9.17, 15) is 9.59 Å². The van der Waals surface area contributed by atoms with E-state index in [0.29, 0.717) is 37.6 Å². The van der Waals surface area contributed by atoms with Gasteiger partial charge in [-0.15, -0.1) is 0 Å². The lowest BCUT2D eigenvalue weighted by Gasteiger charge is -2.32. The largest absolute Gasteiger partial charge is 0.494 e. The lowest BCUT2D eigenvalue weighted by molar-refractivity contribution is -0.122. The van der Waals surface area contributed by atoms with Gasteiger partial charge in [0.1, 0.15) is 5.75 Å². The molecule has 2 fully saturated rings. The number of amides is 2. The van der Waals surface area contributed by atoms with Crippen LogP contribution in [0, 0.1) is 5.92 Å². The summed E-state index contributed by atoms with van der Waals surface area (Å²) in [4.78, 5) is 26.8. The third-order valence-electron chi connectivity index (χ3n) is 5.59.